The number of halogens is 2. The fraction of sp³-hybridized carbons (Fsp3) is 0.250. The van der Waals surface area contributed by atoms with Gasteiger partial charge < -0.3 is 10.5 Å². The van der Waals surface area contributed by atoms with Gasteiger partial charge in [-0.05, 0) is 35.7 Å². The number of hydrogen-bond donors (Lipinski definition) is 1. The third kappa shape index (κ3) is 3.54. The molecule has 0 spiro atoms. The Morgan fingerprint density at radius 2 is 1.80 bits per heavy atom. The van der Waals surface area contributed by atoms with Crippen molar-refractivity contribution < 1.29 is 13.5 Å². The summed E-state index contributed by atoms with van der Waals surface area (Å²) in [5, 5.41) is 0. The highest BCUT2D eigenvalue weighted by atomic mass is 19.1. The standard InChI is InChI=1S/C16H17F2NO/c1-11(9-19)13-4-2-12(3-5-13)10-20-16-7-6-14(17)8-15(16)18/h2-8,11H,9-10,19H2,1H3. The molecule has 106 valence electrons. The van der Waals surface area contributed by atoms with E-state index in [1.165, 1.54) is 12.1 Å². The molecule has 0 heterocycles. The van der Waals surface area contributed by atoms with E-state index >= 15 is 0 Å². The molecule has 0 fully saturated rings. The molecule has 2 aromatic carbocycles. The zero-order valence-corrected chi connectivity index (χ0v) is 11.3. The van der Waals surface area contributed by atoms with Crippen LogP contribution < -0.4 is 10.5 Å². The second kappa shape index (κ2) is 6.48. The van der Waals surface area contributed by atoms with Crippen molar-refractivity contribution in [3.05, 3.63) is 65.2 Å². The molecule has 0 aromatic heterocycles. The third-order valence-electron chi connectivity index (χ3n) is 3.19. The Morgan fingerprint density at radius 1 is 1.10 bits per heavy atom. The number of ether oxygens (including phenoxy) is 1. The van der Waals surface area contributed by atoms with Crippen molar-refractivity contribution in [3.63, 3.8) is 0 Å². The molecule has 1 unspecified atom stereocenters. The van der Waals surface area contributed by atoms with Crippen molar-refractivity contribution in [3.8, 4) is 5.75 Å². The van der Waals surface area contributed by atoms with Crippen molar-refractivity contribution in [1.82, 2.24) is 0 Å². The van der Waals surface area contributed by atoms with Gasteiger partial charge in [-0.3, -0.25) is 0 Å². The monoisotopic (exact) mass is 277 g/mol. The van der Waals surface area contributed by atoms with Gasteiger partial charge in [-0.1, -0.05) is 31.2 Å². The van der Waals surface area contributed by atoms with Crippen LogP contribution in [0, 0.1) is 11.6 Å². The van der Waals surface area contributed by atoms with Crippen LogP contribution in [-0.2, 0) is 6.61 Å². The molecular weight excluding hydrogens is 260 g/mol. The first-order valence-corrected chi connectivity index (χ1v) is 6.47. The predicted molar refractivity (Wildman–Crippen MR) is 74.6 cm³/mol. The van der Waals surface area contributed by atoms with E-state index in [9.17, 15) is 8.78 Å². The minimum Gasteiger partial charge on any atom is -0.486 e. The fourth-order valence-electron chi connectivity index (χ4n) is 1.83. The van der Waals surface area contributed by atoms with Crippen LogP contribution in [0.4, 0.5) is 8.78 Å². The Labute approximate surface area is 117 Å². The van der Waals surface area contributed by atoms with Gasteiger partial charge in [0.2, 0.25) is 0 Å². The van der Waals surface area contributed by atoms with Crippen molar-refractivity contribution in [2.24, 2.45) is 5.73 Å². The molecule has 20 heavy (non-hydrogen) atoms. The van der Waals surface area contributed by atoms with Gasteiger partial charge in [0, 0.05) is 6.07 Å². The Kier molecular flexibility index (Phi) is 4.69. The van der Waals surface area contributed by atoms with Gasteiger partial charge in [-0.2, -0.15) is 0 Å². The topological polar surface area (TPSA) is 35.2 Å². The second-order valence-corrected chi connectivity index (χ2v) is 4.74. The summed E-state index contributed by atoms with van der Waals surface area (Å²) in [7, 11) is 0. The summed E-state index contributed by atoms with van der Waals surface area (Å²) in [6.07, 6.45) is 0. The smallest absolute Gasteiger partial charge is 0.167 e. The molecule has 2 nitrogen and oxygen atoms in total. The number of benzene rings is 2. The highest BCUT2D eigenvalue weighted by molar-refractivity contribution is 5.27. The Balaban J connectivity index is 2.00. The largest absolute Gasteiger partial charge is 0.486 e. The van der Waals surface area contributed by atoms with Gasteiger partial charge in [0.25, 0.3) is 0 Å². The van der Waals surface area contributed by atoms with Gasteiger partial charge in [-0.15, -0.1) is 0 Å². The molecule has 0 amide bonds. The fourth-order valence-corrected chi connectivity index (χ4v) is 1.83. The maximum absolute atomic E-state index is 13.4. The SMILES string of the molecule is CC(CN)c1ccc(COc2ccc(F)cc2F)cc1. The summed E-state index contributed by atoms with van der Waals surface area (Å²) in [6.45, 7) is 2.88. The lowest BCUT2D eigenvalue weighted by atomic mass is 10.0. The summed E-state index contributed by atoms with van der Waals surface area (Å²) >= 11 is 0. The molecule has 0 bridgehead atoms. The van der Waals surface area contributed by atoms with Crippen LogP contribution in [0.15, 0.2) is 42.5 Å². The summed E-state index contributed by atoms with van der Waals surface area (Å²) < 4.78 is 31.5. The minimum atomic E-state index is -0.696. The van der Waals surface area contributed by atoms with Crippen molar-refractivity contribution in [1.29, 1.82) is 0 Å². The molecule has 2 rings (SSSR count). The van der Waals surface area contributed by atoms with Crippen LogP contribution in [0.2, 0.25) is 0 Å². The van der Waals surface area contributed by atoms with E-state index in [1.54, 1.807) is 0 Å². The molecule has 0 aliphatic heterocycles. The zero-order valence-electron chi connectivity index (χ0n) is 11.3. The maximum Gasteiger partial charge on any atom is 0.167 e. The van der Waals surface area contributed by atoms with Crippen LogP contribution in [-0.4, -0.2) is 6.54 Å². The Morgan fingerprint density at radius 3 is 2.40 bits per heavy atom. The van der Waals surface area contributed by atoms with Gasteiger partial charge in [0.05, 0.1) is 0 Å². The first-order chi connectivity index (χ1) is 9.60. The first kappa shape index (κ1) is 14.5. The highest BCUT2D eigenvalue weighted by Gasteiger charge is 2.06. The third-order valence-corrected chi connectivity index (χ3v) is 3.19. The second-order valence-electron chi connectivity index (χ2n) is 4.74. The Bertz CT molecular complexity index is 569. The predicted octanol–water partition coefficient (Wildman–Crippen LogP) is 3.61. The van der Waals surface area contributed by atoms with E-state index < -0.39 is 11.6 Å². The van der Waals surface area contributed by atoms with Crippen LogP contribution >= 0.6 is 0 Å². The van der Waals surface area contributed by atoms with Crippen LogP contribution in [0.1, 0.15) is 24.0 Å². The lowest BCUT2D eigenvalue weighted by molar-refractivity contribution is 0.289. The molecule has 0 saturated carbocycles. The molecule has 0 saturated heterocycles. The summed E-state index contributed by atoms with van der Waals surface area (Å²) in [4.78, 5) is 0. The Hall–Kier alpha value is -1.94. The number of rotatable bonds is 5. The van der Waals surface area contributed by atoms with Crippen molar-refractivity contribution in [2.75, 3.05) is 6.54 Å². The zero-order chi connectivity index (χ0) is 14.5. The number of nitrogens with two attached hydrogens (primary N) is 1. The van der Waals surface area contributed by atoms with Crippen LogP contribution in [0.3, 0.4) is 0 Å². The van der Waals surface area contributed by atoms with Gasteiger partial charge in [-0.25, -0.2) is 8.78 Å². The average molecular weight is 277 g/mol. The lowest BCUT2D eigenvalue weighted by Gasteiger charge is -2.11. The van der Waals surface area contributed by atoms with E-state index in [1.807, 2.05) is 24.3 Å². The van der Waals surface area contributed by atoms with Crippen molar-refractivity contribution in [2.45, 2.75) is 19.4 Å². The molecule has 2 aromatic rings. The summed E-state index contributed by atoms with van der Waals surface area (Å²) in [6, 6.07) is 11.1. The van der Waals surface area contributed by atoms with E-state index in [0.29, 0.717) is 12.5 Å². The van der Waals surface area contributed by atoms with Gasteiger partial charge >= 0.3 is 0 Å². The van der Waals surface area contributed by atoms with Gasteiger partial charge in [0.1, 0.15) is 12.4 Å². The molecular formula is C16H17F2NO. The van der Waals surface area contributed by atoms with E-state index in [2.05, 4.69) is 6.92 Å². The molecule has 0 aliphatic rings. The maximum atomic E-state index is 13.4. The molecule has 0 aliphatic carbocycles. The molecule has 1 atom stereocenters. The lowest BCUT2D eigenvalue weighted by Crippen LogP contribution is -2.08. The highest BCUT2D eigenvalue weighted by Crippen LogP contribution is 2.20. The van der Waals surface area contributed by atoms with E-state index in [4.69, 9.17) is 10.5 Å². The average Bonchev–Trinajstić information content (AvgIpc) is 2.46. The molecule has 4 heteroatoms. The van der Waals surface area contributed by atoms with Crippen LogP contribution in [0.5, 0.6) is 5.75 Å². The van der Waals surface area contributed by atoms with Crippen LogP contribution in [0.25, 0.3) is 0 Å². The molecule has 0 radical (unpaired) electrons. The minimum absolute atomic E-state index is 0.0470. The quantitative estimate of drug-likeness (QED) is 0.906. The number of hydrogen-bond acceptors (Lipinski definition) is 2. The van der Waals surface area contributed by atoms with E-state index in [0.717, 1.165) is 17.2 Å². The summed E-state index contributed by atoms with van der Waals surface area (Å²) in [5.41, 5.74) is 7.68. The van der Waals surface area contributed by atoms with Crippen molar-refractivity contribution >= 4 is 0 Å². The molecule has 2 N–H and O–H groups in total. The van der Waals surface area contributed by atoms with Gasteiger partial charge in [0.15, 0.2) is 11.6 Å². The summed E-state index contributed by atoms with van der Waals surface area (Å²) in [5.74, 6) is -0.960. The first-order valence-electron chi connectivity index (χ1n) is 6.47. The van der Waals surface area contributed by atoms with E-state index in [-0.39, 0.29) is 12.4 Å². The normalized spacial score (nSPS) is 12.2.